The molecule has 0 atom stereocenters. The molecule has 2 aromatic carbocycles. The third-order valence-corrected chi connectivity index (χ3v) is 5.49. The van der Waals surface area contributed by atoms with Crippen molar-refractivity contribution in [2.24, 2.45) is 0 Å². The SMILES string of the molecule is Cc1cc(C)c(S(=O)(=O)Nc2ccc(Br)cc2C(=O)O)c(C)c1. The number of hydrogen-bond acceptors (Lipinski definition) is 3. The minimum absolute atomic E-state index is 0.0278. The van der Waals surface area contributed by atoms with E-state index in [0.717, 1.165) is 5.56 Å². The van der Waals surface area contributed by atoms with Crippen LogP contribution >= 0.6 is 15.9 Å². The minimum atomic E-state index is -3.89. The van der Waals surface area contributed by atoms with E-state index in [2.05, 4.69) is 20.7 Å². The normalized spacial score (nSPS) is 11.3. The largest absolute Gasteiger partial charge is 0.478 e. The average Bonchev–Trinajstić information content (AvgIpc) is 2.38. The molecular weight excluding hydrogens is 382 g/mol. The van der Waals surface area contributed by atoms with Crippen LogP contribution in [0.25, 0.3) is 0 Å². The van der Waals surface area contributed by atoms with Crippen molar-refractivity contribution in [2.75, 3.05) is 4.72 Å². The smallest absolute Gasteiger partial charge is 0.337 e. The molecule has 2 rings (SSSR count). The van der Waals surface area contributed by atoms with Crippen molar-refractivity contribution in [3.8, 4) is 0 Å². The highest BCUT2D eigenvalue weighted by Gasteiger charge is 2.22. The summed E-state index contributed by atoms with van der Waals surface area (Å²) < 4.78 is 28.3. The Kier molecular flexibility index (Phi) is 4.81. The number of benzene rings is 2. The van der Waals surface area contributed by atoms with Crippen LogP contribution in [0.15, 0.2) is 39.7 Å². The third-order valence-electron chi connectivity index (χ3n) is 3.33. The first-order valence-corrected chi connectivity index (χ1v) is 9.03. The van der Waals surface area contributed by atoms with Gasteiger partial charge in [-0.25, -0.2) is 13.2 Å². The van der Waals surface area contributed by atoms with Crippen LogP contribution in [0.4, 0.5) is 5.69 Å². The average molecular weight is 398 g/mol. The van der Waals surface area contributed by atoms with E-state index in [9.17, 15) is 18.3 Å². The Balaban J connectivity index is 2.54. The molecule has 0 radical (unpaired) electrons. The van der Waals surface area contributed by atoms with Crippen LogP contribution in [0.5, 0.6) is 0 Å². The highest BCUT2D eigenvalue weighted by molar-refractivity contribution is 9.10. The van der Waals surface area contributed by atoms with Gasteiger partial charge in [-0.05, 0) is 50.1 Å². The van der Waals surface area contributed by atoms with Crippen LogP contribution in [0, 0.1) is 20.8 Å². The van der Waals surface area contributed by atoms with E-state index in [4.69, 9.17) is 0 Å². The molecule has 2 N–H and O–H groups in total. The first kappa shape index (κ1) is 17.5. The second-order valence-corrected chi connectivity index (χ2v) is 7.86. The standard InChI is InChI=1S/C16H16BrNO4S/c1-9-6-10(2)15(11(3)7-9)23(21,22)18-14-5-4-12(17)8-13(14)16(19)20/h4-8,18H,1-3H3,(H,19,20). The van der Waals surface area contributed by atoms with Crippen LogP contribution in [0.3, 0.4) is 0 Å². The van der Waals surface area contributed by atoms with Gasteiger partial charge in [0.2, 0.25) is 0 Å². The second kappa shape index (κ2) is 6.33. The molecule has 0 aliphatic rings. The Bertz CT molecular complexity index is 868. The van der Waals surface area contributed by atoms with Gasteiger partial charge < -0.3 is 5.11 Å². The topological polar surface area (TPSA) is 83.5 Å². The lowest BCUT2D eigenvalue weighted by atomic mass is 10.1. The Morgan fingerprint density at radius 2 is 1.65 bits per heavy atom. The van der Waals surface area contributed by atoms with Gasteiger partial charge in [0.25, 0.3) is 10.0 Å². The molecule has 0 fully saturated rings. The number of rotatable bonds is 4. The Morgan fingerprint density at radius 1 is 1.09 bits per heavy atom. The van der Waals surface area contributed by atoms with Crippen molar-refractivity contribution in [3.05, 3.63) is 57.1 Å². The van der Waals surface area contributed by atoms with Crippen LogP contribution in [0.1, 0.15) is 27.0 Å². The highest BCUT2D eigenvalue weighted by Crippen LogP contribution is 2.27. The predicted octanol–water partition coefficient (Wildman–Crippen LogP) is 3.87. The molecule has 0 bridgehead atoms. The molecule has 0 spiro atoms. The Morgan fingerprint density at radius 3 is 2.17 bits per heavy atom. The van der Waals surface area contributed by atoms with Crippen molar-refractivity contribution < 1.29 is 18.3 Å². The number of aromatic carboxylic acids is 1. The van der Waals surface area contributed by atoms with Gasteiger partial charge in [0, 0.05) is 4.47 Å². The monoisotopic (exact) mass is 397 g/mol. The quantitative estimate of drug-likeness (QED) is 0.819. The van der Waals surface area contributed by atoms with E-state index in [1.165, 1.54) is 12.1 Å². The van der Waals surface area contributed by atoms with Crippen molar-refractivity contribution in [3.63, 3.8) is 0 Å². The van der Waals surface area contributed by atoms with Gasteiger partial charge in [-0.3, -0.25) is 4.72 Å². The zero-order valence-electron chi connectivity index (χ0n) is 12.8. The van der Waals surface area contributed by atoms with Crippen molar-refractivity contribution in [2.45, 2.75) is 25.7 Å². The number of carboxylic acids is 1. The maximum Gasteiger partial charge on any atom is 0.337 e. The summed E-state index contributed by atoms with van der Waals surface area (Å²) >= 11 is 3.18. The molecule has 0 saturated carbocycles. The number of anilines is 1. The molecule has 0 saturated heterocycles. The molecule has 122 valence electrons. The molecular formula is C16H16BrNO4S. The zero-order valence-corrected chi connectivity index (χ0v) is 15.2. The fourth-order valence-corrected chi connectivity index (χ4v) is 4.47. The molecule has 0 aliphatic carbocycles. The second-order valence-electron chi connectivity index (χ2n) is 5.33. The fourth-order valence-electron chi connectivity index (χ4n) is 2.57. The molecule has 0 aromatic heterocycles. The van der Waals surface area contributed by atoms with E-state index in [1.54, 1.807) is 32.0 Å². The maximum atomic E-state index is 12.7. The van der Waals surface area contributed by atoms with Crippen LogP contribution < -0.4 is 4.72 Å². The summed E-state index contributed by atoms with van der Waals surface area (Å²) in [5, 5.41) is 9.25. The summed E-state index contributed by atoms with van der Waals surface area (Å²) in [6.45, 7) is 5.32. The number of carbonyl (C=O) groups is 1. The molecule has 2 aromatic rings. The predicted molar refractivity (Wildman–Crippen MR) is 92.6 cm³/mol. The molecule has 0 heterocycles. The summed E-state index contributed by atoms with van der Waals surface area (Å²) in [5.41, 5.74) is 2.10. The number of carboxylic acid groups (broad SMARTS) is 1. The summed E-state index contributed by atoms with van der Waals surface area (Å²) in [6, 6.07) is 7.92. The summed E-state index contributed by atoms with van der Waals surface area (Å²) in [7, 11) is -3.89. The fraction of sp³-hybridized carbons (Fsp3) is 0.188. The summed E-state index contributed by atoms with van der Waals surface area (Å²) in [4.78, 5) is 11.5. The molecule has 23 heavy (non-hydrogen) atoms. The van der Waals surface area contributed by atoms with Gasteiger partial charge in [-0.15, -0.1) is 0 Å². The lowest BCUT2D eigenvalue weighted by Gasteiger charge is -2.15. The number of sulfonamides is 1. The number of aryl methyl sites for hydroxylation is 3. The Hall–Kier alpha value is -1.86. The minimum Gasteiger partial charge on any atom is -0.478 e. The Labute approximate surface area is 143 Å². The van der Waals surface area contributed by atoms with Gasteiger partial charge in [-0.1, -0.05) is 33.6 Å². The van der Waals surface area contributed by atoms with E-state index < -0.39 is 16.0 Å². The van der Waals surface area contributed by atoms with Crippen LogP contribution in [-0.4, -0.2) is 19.5 Å². The molecule has 0 amide bonds. The molecule has 7 heteroatoms. The number of halogens is 1. The van der Waals surface area contributed by atoms with Crippen molar-refractivity contribution in [1.82, 2.24) is 0 Å². The van der Waals surface area contributed by atoms with Crippen molar-refractivity contribution in [1.29, 1.82) is 0 Å². The van der Waals surface area contributed by atoms with Crippen LogP contribution in [-0.2, 0) is 10.0 Å². The van der Waals surface area contributed by atoms with Gasteiger partial charge in [0.15, 0.2) is 0 Å². The lowest BCUT2D eigenvalue weighted by molar-refractivity contribution is 0.0698. The van der Waals surface area contributed by atoms with E-state index >= 15 is 0 Å². The first-order chi connectivity index (χ1) is 10.6. The first-order valence-electron chi connectivity index (χ1n) is 6.75. The molecule has 5 nitrogen and oxygen atoms in total. The number of nitrogens with one attached hydrogen (secondary N) is 1. The number of hydrogen-bond donors (Lipinski definition) is 2. The van der Waals surface area contributed by atoms with Gasteiger partial charge in [-0.2, -0.15) is 0 Å². The zero-order chi connectivity index (χ0) is 17.4. The van der Waals surface area contributed by atoms with E-state index in [1.807, 2.05) is 6.92 Å². The van der Waals surface area contributed by atoms with Crippen LogP contribution in [0.2, 0.25) is 0 Å². The van der Waals surface area contributed by atoms with Gasteiger partial charge in [0.1, 0.15) is 0 Å². The molecule has 0 aliphatic heterocycles. The van der Waals surface area contributed by atoms with Gasteiger partial charge in [0.05, 0.1) is 16.1 Å². The highest BCUT2D eigenvalue weighted by atomic mass is 79.9. The summed E-state index contributed by atoms with van der Waals surface area (Å²) in [6.07, 6.45) is 0. The van der Waals surface area contributed by atoms with Gasteiger partial charge >= 0.3 is 5.97 Å². The van der Waals surface area contributed by atoms with Crippen molar-refractivity contribution >= 4 is 37.6 Å². The summed E-state index contributed by atoms with van der Waals surface area (Å²) in [5.74, 6) is -1.21. The maximum absolute atomic E-state index is 12.7. The molecule has 0 unspecified atom stereocenters. The van der Waals surface area contributed by atoms with E-state index in [0.29, 0.717) is 15.6 Å². The van der Waals surface area contributed by atoms with E-state index in [-0.39, 0.29) is 16.1 Å². The third kappa shape index (κ3) is 3.73. The lowest BCUT2D eigenvalue weighted by Crippen LogP contribution is -2.18.